The Morgan fingerprint density at radius 2 is 1.87 bits per heavy atom. The monoisotopic (exact) mass is 234 g/mol. The molecule has 0 saturated carbocycles. The SMILES string of the molecule is CCOC(=O)/C=C(\COC(C)=O)C(=O)Cl. The highest BCUT2D eigenvalue weighted by atomic mass is 35.5. The highest BCUT2D eigenvalue weighted by Gasteiger charge is 2.11. The number of rotatable bonds is 5. The molecule has 0 aromatic carbocycles. The normalized spacial score (nSPS) is 10.7. The van der Waals surface area contributed by atoms with Gasteiger partial charge in [0.2, 0.25) is 0 Å². The second-order valence-electron chi connectivity index (χ2n) is 2.48. The van der Waals surface area contributed by atoms with Gasteiger partial charge in [-0.2, -0.15) is 0 Å². The van der Waals surface area contributed by atoms with E-state index in [1.54, 1.807) is 6.92 Å². The maximum absolute atomic E-state index is 11.0. The van der Waals surface area contributed by atoms with Crippen LogP contribution in [0.2, 0.25) is 0 Å². The average molecular weight is 235 g/mol. The molecule has 0 atom stereocenters. The number of carbonyl (C=O) groups is 3. The Labute approximate surface area is 92.0 Å². The standard InChI is InChI=1S/C9H11ClO5/c1-3-14-8(12)4-7(9(10)13)5-15-6(2)11/h4H,3,5H2,1-2H3/b7-4+. The summed E-state index contributed by atoms with van der Waals surface area (Å²) in [5.74, 6) is -1.27. The molecule has 0 radical (unpaired) electrons. The van der Waals surface area contributed by atoms with Crippen LogP contribution in [0.3, 0.4) is 0 Å². The minimum absolute atomic E-state index is 0.120. The van der Waals surface area contributed by atoms with Crippen LogP contribution in [0, 0.1) is 0 Å². The van der Waals surface area contributed by atoms with Crippen molar-refractivity contribution in [2.75, 3.05) is 13.2 Å². The third-order valence-electron chi connectivity index (χ3n) is 1.26. The zero-order valence-electron chi connectivity index (χ0n) is 8.41. The predicted molar refractivity (Wildman–Crippen MR) is 52.2 cm³/mol. The van der Waals surface area contributed by atoms with Gasteiger partial charge in [0.15, 0.2) is 0 Å². The Bertz CT molecular complexity index is 295. The third-order valence-corrected chi connectivity index (χ3v) is 1.50. The molecule has 0 rings (SSSR count). The molecule has 0 aromatic heterocycles. The first-order chi connectivity index (χ1) is 6.97. The van der Waals surface area contributed by atoms with Gasteiger partial charge in [-0.05, 0) is 18.5 Å². The molecular formula is C9H11ClO5. The van der Waals surface area contributed by atoms with Crippen LogP contribution < -0.4 is 0 Å². The molecule has 6 heteroatoms. The number of hydrogen-bond donors (Lipinski definition) is 0. The lowest BCUT2D eigenvalue weighted by Gasteiger charge is -2.02. The van der Waals surface area contributed by atoms with E-state index in [9.17, 15) is 14.4 Å². The maximum atomic E-state index is 11.0. The van der Waals surface area contributed by atoms with Gasteiger partial charge in [-0.3, -0.25) is 9.59 Å². The number of esters is 2. The second-order valence-corrected chi connectivity index (χ2v) is 2.82. The molecule has 5 nitrogen and oxygen atoms in total. The molecule has 0 saturated heterocycles. The summed E-state index contributed by atoms with van der Waals surface area (Å²) in [6, 6.07) is 0. The highest BCUT2D eigenvalue weighted by Crippen LogP contribution is 2.02. The molecule has 0 N–H and O–H groups in total. The van der Waals surface area contributed by atoms with Gasteiger partial charge < -0.3 is 9.47 Å². The molecule has 0 heterocycles. The van der Waals surface area contributed by atoms with Crippen LogP contribution in [-0.4, -0.2) is 30.4 Å². The number of carbonyl (C=O) groups excluding carboxylic acids is 3. The zero-order chi connectivity index (χ0) is 11.8. The number of halogens is 1. The topological polar surface area (TPSA) is 69.7 Å². The van der Waals surface area contributed by atoms with Crippen LogP contribution in [0.4, 0.5) is 0 Å². The van der Waals surface area contributed by atoms with Crippen molar-refractivity contribution in [1.29, 1.82) is 0 Å². The smallest absolute Gasteiger partial charge is 0.331 e. The number of hydrogen-bond acceptors (Lipinski definition) is 5. The van der Waals surface area contributed by atoms with Crippen LogP contribution in [0.5, 0.6) is 0 Å². The molecule has 84 valence electrons. The van der Waals surface area contributed by atoms with Crippen LogP contribution in [-0.2, 0) is 23.9 Å². The van der Waals surface area contributed by atoms with Gasteiger partial charge in [-0.15, -0.1) is 0 Å². The van der Waals surface area contributed by atoms with Gasteiger partial charge in [0, 0.05) is 13.0 Å². The van der Waals surface area contributed by atoms with E-state index >= 15 is 0 Å². The molecule has 15 heavy (non-hydrogen) atoms. The zero-order valence-corrected chi connectivity index (χ0v) is 9.17. The maximum Gasteiger partial charge on any atom is 0.331 e. The first kappa shape index (κ1) is 13.6. The van der Waals surface area contributed by atoms with E-state index in [-0.39, 0.29) is 18.8 Å². The van der Waals surface area contributed by atoms with Crippen molar-refractivity contribution in [3.63, 3.8) is 0 Å². The van der Waals surface area contributed by atoms with E-state index in [1.165, 1.54) is 6.92 Å². The molecule has 0 aliphatic rings. The number of ether oxygens (including phenoxy) is 2. The lowest BCUT2D eigenvalue weighted by Crippen LogP contribution is -2.11. The summed E-state index contributed by atoms with van der Waals surface area (Å²) in [6.45, 7) is 2.66. The summed E-state index contributed by atoms with van der Waals surface area (Å²) in [5, 5.41) is -0.857. The molecule has 0 bridgehead atoms. The molecule has 0 unspecified atom stereocenters. The van der Waals surface area contributed by atoms with E-state index in [0.29, 0.717) is 0 Å². The van der Waals surface area contributed by atoms with Gasteiger partial charge >= 0.3 is 11.9 Å². The fourth-order valence-electron chi connectivity index (χ4n) is 0.661. The summed E-state index contributed by atoms with van der Waals surface area (Å²) in [4.78, 5) is 32.2. The van der Waals surface area contributed by atoms with Gasteiger partial charge in [0.25, 0.3) is 5.24 Å². The predicted octanol–water partition coefficient (Wildman–Crippen LogP) is 0.804. The van der Waals surface area contributed by atoms with Crippen LogP contribution in [0.25, 0.3) is 0 Å². The molecule has 0 aliphatic carbocycles. The van der Waals surface area contributed by atoms with Crippen LogP contribution in [0.15, 0.2) is 11.6 Å². The Balaban J connectivity index is 4.44. The van der Waals surface area contributed by atoms with Crippen molar-refractivity contribution in [3.8, 4) is 0 Å². The Kier molecular flexibility index (Phi) is 6.37. The Morgan fingerprint density at radius 1 is 1.27 bits per heavy atom. The van der Waals surface area contributed by atoms with E-state index in [1.807, 2.05) is 0 Å². The molecule has 0 amide bonds. The minimum atomic E-state index is -0.857. The van der Waals surface area contributed by atoms with Gasteiger partial charge in [-0.25, -0.2) is 4.79 Å². The molecule has 0 aromatic rings. The minimum Gasteiger partial charge on any atom is -0.463 e. The summed E-state index contributed by atoms with van der Waals surface area (Å²) in [6.07, 6.45) is 0.905. The largest absolute Gasteiger partial charge is 0.463 e. The fourth-order valence-corrected chi connectivity index (χ4v) is 0.770. The van der Waals surface area contributed by atoms with Gasteiger partial charge in [0.1, 0.15) is 6.61 Å². The Hall–Kier alpha value is -1.36. The van der Waals surface area contributed by atoms with Crippen molar-refractivity contribution < 1.29 is 23.9 Å². The van der Waals surface area contributed by atoms with E-state index in [0.717, 1.165) is 6.08 Å². The summed E-state index contributed by atoms with van der Waals surface area (Å²) in [5.41, 5.74) is -0.120. The lowest BCUT2D eigenvalue weighted by atomic mass is 10.3. The molecule has 0 aliphatic heterocycles. The lowest BCUT2D eigenvalue weighted by molar-refractivity contribution is -0.141. The summed E-state index contributed by atoms with van der Waals surface area (Å²) < 4.78 is 9.09. The van der Waals surface area contributed by atoms with Crippen molar-refractivity contribution in [2.45, 2.75) is 13.8 Å². The van der Waals surface area contributed by atoms with E-state index < -0.39 is 17.2 Å². The first-order valence-corrected chi connectivity index (χ1v) is 4.55. The van der Waals surface area contributed by atoms with Crippen molar-refractivity contribution in [2.24, 2.45) is 0 Å². The van der Waals surface area contributed by atoms with Crippen molar-refractivity contribution in [1.82, 2.24) is 0 Å². The molecule has 0 fully saturated rings. The summed E-state index contributed by atoms with van der Waals surface area (Å²) in [7, 11) is 0. The van der Waals surface area contributed by atoms with Gasteiger partial charge in [0.05, 0.1) is 12.2 Å². The molecular weight excluding hydrogens is 224 g/mol. The van der Waals surface area contributed by atoms with Crippen LogP contribution in [0.1, 0.15) is 13.8 Å². The average Bonchev–Trinajstić information content (AvgIpc) is 2.11. The second kappa shape index (κ2) is 7.00. The summed E-state index contributed by atoms with van der Waals surface area (Å²) >= 11 is 5.17. The van der Waals surface area contributed by atoms with Crippen LogP contribution >= 0.6 is 11.6 Å². The third kappa shape index (κ3) is 6.68. The molecule has 0 spiro atoms. The van der Waals surface area contributed by atoms with Gasteiger partial charge in [-0.1, -0.05) is 0 Å². The fraction of sp³-hybridized carbons (Fsp3) is 0.444. The van der Waals surface area contributed by atoms with E-state index in [2.05, 4.69) is 9.47 Å². The van der Waals surface area contributed by atoms with Crippen molar-refractivity contribution >= 4 is 28.8 Å². The Morgan fingerprint density at radius 3 is 2.27 bits per heavy atom. The highest BCUT2D eigenvalue weighted by molar-refractivity contribution is 6.67. The van der Waals surface area contributed by atoms with E-state index in [4.69, 9.17) is 11.6 Å². The first-order valence-electron chi connectivity index (χ1n) is 4.17. The quantitative estimate of drug-likeness (QED) is 0.400. The van der Waals surface area contributed by atoms with Crippen molar-refractivity contribution in [3.05, 3.63) is 11.6 Å².